The van der Waals surface area contributed by atoms with E-state index in [-0.39, 0.29) is 6.04 Å². The molecule has 0 spiro atoms. The van der Waals surface area contributed by atoms with E-state index in [1.807, 2.05) is 10.9 Å². The van der Waals surface area contributed by atoms with Crippen LogP contribution in [0.15, 0.2) is 66.6 Å². The minimum atomic E-state index is 0.220. The lowest BCUT2D eigenvalue weighted by molar-refractivity contribution is 0.551. The Morgan fingerprint density at radius 1 is 1.14 bits per heavy atom. The molecule has 0 amide bonds. The summed E-state index contributed by atoms with van der Waals surface area (Å²) >= 11 is 0. The lowest BCUT2D eigenvalue weighted by Crippen LogP contribution is -2.30. The maximum atomic E-state index is 4.49. The summed E-state index contributed by atoms with van der Waals surface area (Å²) in [6.07, 6.45) is 2.92. The van der Waals surface area contributed by atoms with Crippen LogP contribution in [0.25, 0.3) is 16.5 Å². The second kappa shape index (κ2) is 7.19. The third-order valence-electron chi connectivity index (χ3n) is 5.58. The van der Waals surface area contributed by atoms with Gasteiger partial charge in [0, 0.05) is 23.2 Å². The van der Waals surface area contributed by atoms with Gasteiger partial charge < -0.3 is 10.6 Å². The molecule has 4 nitrogen and oxygen atoms in total. The van der Waals surface area contributed by atoms with Crippen LogP contribution in [0.2, 0.25) is 0 Å². The van der Waals surface area contributed by atoms with Crippen LogP contribution in [0, 0.1) is 0 Å². The highest BCUT2D eigenvalue weighted by Crippen LogP contribution is 2.34. The van der Waals surface area contributed by atoms with Crippen molar-refractivity contribution < 1.29 is 0 Å². The maximum absolute atomic E-state index is 4.49. The molecule has 1 aromatic heterocycles. The Labute approximate surface area is 167 Å². The largest absolute Gasteiger partial charge is 0.366 e. The first kappa shape index (κ1) is 18.4. The van der Waals surface area contributed by atoms with E-state index in [1.165, 1.54) is 22.3 Å². The van der Waals surface area contributed by atoms with E-state index in [4.69, 9.17) is 0 Å². The summed E-state index contributed by atoms with van der Waals surface area (Å²) < 4.78 is 2.04. The Morgan fingerprint density at radius 2 is 1.93 bits per heavy atom. The van der Waals surface area contributed by atoms with Gasteiger partial charge in [0.1, 0.15) is 0 Å². The fraction of sp³-hybridized carbons (Fsp3) is 0.292. The van der Waals surface area contributed by atoms with Gasteiger partial charge in [-0.25, -0.2) is 0 Å². The van der Waals surface area contributed by atoms with Crippen molar-refractivity contribution in [1.29, 1.82) is 0 Å². The summed E-state index contributed by atoms with van der Waals surface area (Å²) in [5.74, 6) is 0.804. The van der Waals surface area contributed by atoms with Gasteiger partial charge in [-0.3, -0.25) is 4.68 Å². The second-order valence-electron chi connectivity index (χ2n) is 7.91. The molecule has 1 unspecified atom stereocenters. The number of nitrogens with zero attached hydrogens (tertiary/aromatic N) is 2. The van der Waals surface area contributed by atoms with E-state index >= 15 is 0 Å². The van der Waals surface area contributed by atoms with Crippen molar-refractivity contribution in [2.45, 2.75) is 46.2 Å². The third kappa shape index (κ3) is 3.31. The van der Waals surface area contributed by atoms with Gasteiger partial charge in [0.2, 0.25) is 0 Å². The predicted molar refractivity (Wildman–Crippen MR) is 118 cm³/mol. The Hall–Kier alpha value is -3.01. The number of fused-ring (bicyclic) bond motifs is 2. The average Bonchev–Trinajstić information content (AvgIpc) is 3.23. The monoisotopic (exact) mass is 372 g/mol. The lowest BCUT2D eigenvalue weighted by Gasteiger charge is -2.21. The molecule has 3 aromatic rings. The average molecular weight is 373 g/mol. The van der Waals surface area contributed by atoms with E-state index in [0.29, 0.717) is 6.04 Å². The van der Waals surface area contributed by atoms with E-state index < -0.39 is 0 Å². The molecule has 0 aliphatic heterocycles. The molecule has 2 aromatic carbocycles. The SMILES string of the molecule is C=C(Nc1ccc2cnn(C(C)C)c2c1)NC(C)C1=C(C)c2ccccc2C1. The standard InChI is InChI=1S/C24H28N4/c1-15(2)28-24-13-21(11-10-20(24)14-25-28)27-18(5)26-17(4)23-12-19-8-6-7-9-22(19)16(23)3/h6-11,13-15,17,26-27H,5,12H2,1-4H3. The van der Waals surface area contributed by atoms with Crippen molar-refractivity contribution in [2.75, 3.05) is 5.32 Å². The van der Waals surface area contributed by atoms with Crippen molar-refractivity contribution in [3.8, 4) is 0 Å². The molecule has 1 atom stereocenters. The van der Waals surface area contributed by atoms with Crippen molar-refractivity contribution in [3.63, 3.8) is 0 Å². The van der Waals surface area contributed by atoms with Crippen LogP contribution in [0.5, 0.6) is 0 Å². The molecule has 4 rings (SSSR count). The molecule has 0 saturated carbocycles. The number of aromatic nitrogens is 2. The van der Waals surface area contributed by atoms with Crippen LogP contribution < -0.4 is 10.6 Å². The molecular formula is C24H28N4. The van der Waals surface area contributed by atoms with Crippen molar-refractivity contribution in [1.82, 2.24) is 15.1 Å². The first-order chi connectivity index (χ1) is 13.4. The van der Waals surface area contributed by atoms with Gasteiger partial charge >= 0.3 is 0 Å². The van der Waals surface area contributed by atoms with Crippen LogP contribution in [-0.2, 0) is 6.42 Å². The summed E-state index contributed by atoms with van der Waals surface area (Å²) in [5, 5.41) is 12.6. The normalized spacial score (nSPS) is 14.5. The number of allylic oxidation sites excluding steroid dienone is 1. The highest BCUT2D eigenvalue weighted by Gasteiger charge is 2.22. The van der Waals surface area contributed by atoms with Gasteiger partial charge in [-0.15, -0.1) is 0 Å². The number of rotatable bonds is 6. The quantitative estimate of drug-likeness (QED) is 0.600. The fourth-order valence-corrected chi connectivity index (χ4v) is 4.11. The van der Waals surface area contributed by atoms with Crippen LogP contribution in [0.1, 0.15) is 44.9 Å². The van der Waals surface area contributed by atoms with Crippen LogP contribution in [0.4, 0.5) is 5.69 Å². The van der Waals surface area contributed by atoms with Gasteiger partial charge in [-0.1, -0.05) is 30.8 Å². The predicted octanol–water partition coefficient (Wildman–Crippen LogP) is 5.51. The van der Waals surface area contributed by atoms with Gasteiger partial charge in [0.05, 0.1) is 17.5 Å². The molecule has 0 fully saturated rings. The van der Waals surface area contributed by atoms with Crippen molar-refractivity contribution >= 4 is 22.2 Å². The molecule has 1 aliphatic rings. The van der Waals surface area contributed by atoms with E-state index in [9.17, 15) is 0 Å². The highest BCUT2D eigenvalue weighted by molar-refractivity contribution is 5.82. The summed E-state index contributed by atoms with van der Waals surface area (Å²) in [6, 6.07) is 15.5. The first-order valence-electron chi connectivity index (χ1n) is 9.91. The lowest BCUT2D eigenvalue weighted by atomic mass is 10.0. The van der Waals surface area contributed by atoms with Gasteiger partial charge in [0.15, 0.2) is 0 Å². The fourth-order valence-electron chi connectivity index (χ4n) is 4.11. The Bertz CT molecular complexity index is 1070. The molecule has 0 bridgehead atoms. The number of nitrogens with one attached hydrogen (secondary N) is 2. The Kier molecular flexibility index (Phi) is 4.71. The maximum Gasteiger partial charge on any atom is 0.0961 e. The smallest absolute Gasteiger partial charge is 0.0961 e. The highest BCUT2D eigenvalue weighted by atomic mass is 15.3. The minimum absolute atomic E-state index is 0.220. The molecule has 2 N–H and O–H groups in total. The van der Waals surface area contributed by atoms with E-state index in [1.54, 1.807) is 0 Å². The molecule has 144 valence electrons. The third-order valence-corrected chi connectivity index (χ3v) is 5.58. The number of benzene rings is 2. The number of anilines is 1. The van der Waals surface area contributed by atoms with Gasteiger partial charge in [0.25, 0.3) is 0 Å². The molecule has 0 saturated heterocycles. The van der Waals surface area contributed by atoms with Crippen LogP contribution in [0.3, 0.4) is 0 Å². The van der Waals surface area contributed by atoms with Gasteiger partial charge in [-0.05, 0) is 74.6 Å². The number of hydrogen-bond donors (Lipinski definition) is 2. The van der Waals surface area contributed by atoms with Crippen LogP contribution in [-0.4, -0.2) is 15.8 Å². The zero-order valence-corrected chi connectivity index (χ0v) is 17.1. The Balaban J connectivity index is 1.47. The molecule has 4 heteroatoms. The first-order valence-corrected chi connectivity index (χ1v) is 9.91. The van der Waals surface area contributed by atoms with E-state index in [2.05, 4.69) is 92.5 Å². The number of hydrogen-bond acceptors (Lipinski definition) is 3. The molecule has 1 aliphatic carbocycles. The summed E-state index contributed by atoms with van der Waals surface area (Å²) in [6.45, 7) is 12.9. The molecule has 28 heavy (non-hydrogen) atoms. The molecular weight excluding hydrogens is 344 g/mol. The van der Waals surface area contributed by atoms with Crippen LogP contribution >= 0.6 is 0 Å². The molecule has 1 heterocycles. The van der Waals surface area contributed by atoms with E-state index in [0.717, 1.165) is 28.8 Å². The summed E-state index contributed by atoms with van der Waals surface area (Å²) in [4.78, 5) is 0. The Morgan fingerprint density at radius 3 is 2.68 bits per heavy atom. The topological polar surface area (TPSA) is 41.9 Å². The zero-order valence-electron chi connectivity index (χ0n) is 17.1. The summed E-state index contributed by atoms with van der Waals surface area (Å²) in [7, 11) is 0. The van der Waals surface area contributed by atoms with Crippen molar-refractivity contribution in [2.24, 2.45) is 0 Å². The van der Waals surface area contributed by atoms with Crippen molar-refractivity contribution in [3.05, 3.63) is 77.8 Å². The van der Waals surface area contributed by atoms with Gasteiger partial charge in [-0.2, -0.15) is 5.10 Å². The summed E-state index contributed by atoms with van der Waals surface area (Å²) in [5.41, 5.74) is 7.74. The minimum Gasteiger partial charge on any atom is -0.366 e. The zero-order chi connectivity index (χ0) is 19.8. The molecule has 0 radical (unpaired) electrons. The second-order valence-corrected chi connectivity index (χ2v) is 7.91.